The predicted octanol–water partition coefficient (Wildman–Crippen LogP) is 1.69. The Morgan fingerprint density at radius 3 is 2.50 bits per heavy atom. The minimum atomic E-state index is -1.34. The fourth-order valence-electron chi connectivity index (χ4n) is 1.01. The molecule has 0 atom stereocenters. The number of aromatic hydroxyl groups is 1. The molecule has 0 saturated carbocycles. The van der Waals surface area contributed by atoms with Gasteiger partial charge in [-0.15, -0.1) is 0 Å². The number of phenolic OH excluding ortho intramolecular Hbond substituents is 1. The average Bonchev–Trinajstić information content (AvgIpc) is 2.13. The summed E-state index contributed by atoms with van der Waals surface area (Å²) in [7, 11) is 0. The van der Waals surface area contributed by atoms with E-state index in [9.17, 15) is 13.6 Å². The molecule has 0 unspecified atom stereocenters. The predicted molar refractivity (Wildman–Crippen MR) is 44.0 cm³/mol. The van der Waals surface area contributed by atoms with Gasteiger partial charge in [0.05, 0.1) is 0 Å². The lowest BCUT2D eigenvalue weighted by Crippen LogP contribution is -2.00. The zero-order chi connectivity index (χ0) is 10.7. The summed E-state index contributed by atoms with van der Waals surface area (Å²) in [6.07, 6.45) is -0.375. The van der Waals surface area contributed by atoms with Crippen molar-refractivity contribution in [2.45, 2.75) is 12.8 Å². The molecule has 76 valence electrons. The largest absolute Gasteiger partial charge is 0.505 e. The highest BCUT2D eigenvalue weighted by Gasteiger charge is 2.13. The number of aryl methyl sites for hydroxylation is 1. The minimum absolute atomic E-state index is 0.0531. The van der Waals surface area contributed by atoms with Gasteiger partial charge >= 0.3 is 5.97 Å². The fourth-order valence-corrected chi connectivity index (χ4v) is 1.01. The smallest absolute Gasteiger partial charge is 0.303 e. The molecule has 0 aliphatic heterocycles. The molecule has 3 nitrogen and oxygen atoms in total. The number of hydrogen-bond acceptors (Lipinski definition) is 2. The van der Waals surface area contributed by atoms with Gasteiger partial charge < -0.3 is 10.2 Å². The van der Waals surface area contributed by atoms with Crippen molar-refractivity contribution in [1.29, 1.82) is 0 Å². The first-order chi connectivity index (χ1) is 6.52. The van der Waals surface area contributed by atoms with Gasteiger partial charge in [-0.25, -0.2) is 4.39 Å². The van der Waals surface area contributed by atoms with Crippen LogP contribution in [0.4, 0.5) is 8.78 Å². The summed E-state index contributed by atoms with van der Waals surface area (Å²) < 4.78 is 25.7. The van der Waals surface area contributed by atoms with Crippen molar-refractivity contribution in [2.75, 3.05) is 0 Å². The third-order valence-corrected chi connectivity index (χ3v) is 1.75. The lowest BCUT2D eigenvalue weighted by Gasteiger charge is -2.03. The number of halogens is 2. The molecule has 2 N–H and O–H groups in total. The summed E-state index contributed by atoms with van der Waals surface area (Å²) in [4.78, 5) is 10.2. The Morgan fingerprint density at radius 2 is 1.93 bits per heavy atom. The van der Waals surface area contributed by atoms with Gasteiger partial charge in [0.15, 0.2) is 11.6 Å². The summed E-state index contributed by atoms with van der Waals surface area (Å²) in [6, 6.07) is 2.16. The van der Waals surface area contributed by atoms with Crippen LogP contribution >= 0.6 is 0 Å². The third-order valence-electron chi connectivity index (χ3n) is 1.75. The number of carboxylic acid groups (broad SMARTS) is 1. The van der Waals surface area contributed by atoms with Crippen molar-refractivity contribution in [3.63, 3.8) is 0 Å². The standard InChI is InChI=1S/C9H8F2O3/c10-8-5(2-4-7(13)14)1-3-6(12)9(8)11/h1,3,12H,2,4H2,(H,13,14). The van der Waals surface area contributed by atoms with Crippen LogP contribution < -0.4 is 0 Å². The van der Waals surface area contributed by atoms with Crippen molar-refractivity contribution in [3.05, 3.63) is 29.3 Å². The lowest BCUT2D eigenvalue weighted by atomic mass is 10.1. The van der Waals surface area contributed by atoms with Crippen molar-refractivity contribution in [1.82, 2.24) is 0 Å². The summed E-state index contributed by atoms with van der Waals surface area (Å²) in [5.41, 5.74) is -0.0531. The van der Waals surface area contributed by atoms with Gasteiger partial charge in [0.25, 0.3) is 0 Å². The SMILES string of the molecule is O=C(O)CCc1ccc(O)c(F)c1F. The number of aliphatic carboxylic acids is 1. The normalized spacial score (nSPS) is 10.1. The van der Waals surface area contributed by atoms with Gasteiger partial charge in [-0.2, -0.15) is 4.39 Å². The van der Waals surface area contributed by atoms with E-state index < -0.39 is 23.4 Å². The second kappa shape index (κ2) is 4.04. The fraction of sp³-hybridized carbons (Fsp3) is 0.222. The molecule has 0 aliphatic rings. The van der Waals surface area contributed by atoms with Gasteiger partial charge in [0.2, 0.25) is 5.82 Å². The van der Waals surface area contributed by atoms with Crippen LogP contribution in [0.1, 0.15) is 12.0 Å². The van der Waals surface area contributed by atoms with Crippen LogP contribution in [0.3, 0.4) is 0 Å². The number of rotatable bonds is 3. The van der Waals surface area contributed by atoms with Gasteiger partial charge in [0, 0.05) is 6.42 Å². The van der Waals surface area contributed by atoms with E-state index in [4.69, 9.17) is 10.2 Å². The van der Waals surface area contributed by atoms with E-state index in [1.807, 2.05) is 0 Å². The summed E-state index contributed by atoms with van der Waals surface area (Å²) in [5, 5.41) is 17.1. The topological polar surface area (TPSA) is 57.5 Å². The van der Waals surface area contributed by atoms with Gasteiger partial charge in [-0.1, -0.05) is 6.07 Å². The van der Waals surface area contributed by atoms with Crippen molar-refractivity contribution in [2.24, 2.45) is 0 Å². The van der Waals surface area contributed by atoms with Crippen molar-refractivity contribution < 1.29 is 23.8 Å². The maximum Gasteiger partial charge on any atom is 0.303 e. The zero-order valence-electron chi connectivity index (χ0n) is 7.13. The highest BCUT2D eigenvalue weighted by Crippen LogP contribution is 2.21. The number of benzene rings is 1. The molecule has 0 spiro atoms. The Labute approximate surface area is 78.6 Å². The average molecular weight is 202 g/mol. The monoisotopic (exact) mass is 202 g/mol. The molecule has 1 aromatic carbocycles. The summed E-state index contributed by atoms with van der Waals surface area (Å²) in [6.45, 7) is 0. The van der Waals surface area contributed by atoms with E-state index in [0.717, 1.165) is 12.1 Å². The molecular weight excluding hydrogens is 194 g/mol. The van der Waals surface area contributed by atoms with E-state index in [-0.39, 0.29) is 18.4 Å². The molecule has 14 heavy (non-hydrogen) atoms. The molecule has 0 radical (unpaired) electrons. The van der Waals surface area contributed by atoms with Crippen LogP contribution in [0, 0.1) is 11.6 Å². The summed E-state index contributed by atoms with van der Waals surface area (Å²) >= 11 is 0. The molecule has 0 aliphatic carbocycles. The number of hydrogen-bond donors (Lipinski definition) is 2. The second-order valence-electron chi connectivity index (χ2n) is 2.77. The Bertz CT molecular complexity index is 363. The van der Waals surface area contributed by atoms with E-state index >= 15 is 0 Å². The molecule has 0 fully saturated rings. The Kier molecular flexibility index (Phi) is 3.01. The minimum Gasteiger partial charge on any atom is -0.505 e. The van der Waals surface area contributed by atoms with Crippen LogP contribution in [0.15, 0.2) is 12.1 Å². The molecule has 0 aromatic heterocycles. The first kappa shape index (κ1) is 10.4. The third kappa shape index (κ3) is 2.18. The highest BCUT2D eigenvalue weighted by molar-refractivity contribution is 5.67. The molecule has 0 heterocycles. The molecule has 0 bridgehead atoms. The molecule has 1 aromatic rings. The Morgan fingerprint density at radius 1 is 1.29 bits per heavy atom. The molecule has 0 amide bonds. The van der Waals surface area contributed by atoms with Crippen LogP contribution in [-0.2, 0) is 11.2 Å². The highest BCUT2D eigenvalue weighted by atomic mass is 19.2. The van der Waals surface area contributed by atoms with Crippen LogP contribution in [-0.4, -0.2) is 16.2 Å². The van der Waals surface area contributed by atoms with Crippen LogP contribution in [0.5, 0.6) is 5.75 Å². The quantitative estimate of drug-likeness (QED) is 0.784. The zero-order valence-corrected chi connectivity index (χ0v) is 7.13. The number of carbonyl (C=O) groups is 1. The van der Waals surface area contributed by atoms with Crippen LogP contribution in [0.2, 0.25) is 0 Å². The second-order valence-corrected chi connectivity index (χ2v) is 2.77. The van der Waals surface area contributed by atoms with E-state index in [1.165, 1.54) is 0 Å². The van der Waals surface area contributed by atoms with Crippen LogP contribution in [0.25, 0.3) is 0 Å². The van der Waals surface area contributed by atoms with E-state index in [2.05, 4.69) is 0 Å². The molecule has 1 rings (SSSR count). The summed E-state index contributed by atoms with van der Waals surface area (Å²) in [5.74, 6) is -4.39. The Hall–Kier alpha value is -1.65. The first-order valence-corrected chi connectivity index (χ1v) is 3.90. The maximum absolute atomic E-state index is 13.0. The number of carboxylic acids is 1. The first-order valence-electron chi connectivity index (χ1n) is 3.90. The van der Waals surface area contributed by atoms with E-state index in [0.29, 0.717) is 0 Å². The lowest BCUT2D eigenvalue weighted by molar-refractivity contribution is -0.136. The van der Waals surface area contributed by atoms with Gasteiger partial charge in [0.1, 0.15) is 0 Å². The maximum atomic E-state index is 13.0. The van der Waals surface area contributed by atoms with E-state index in [1.54, 1.807) is 0 Å². The molecule has 0 saturated heterocycles. The van der Waals surface area contributed by atoms with Gasteiger partial charge in [-0.3, -0.25) is 4.79 Å². The van der Waals surface area contributed by atoms with Crippen molar-refractivity contribution >= 4 is 5.97 Å². The van der Waals surface area contributed by atoms with Gasteiger partial charge in [-0.05, 0) is 18.1 Å². The Balaban J connectivity index is 2.88. The molecule has 5 heteroatoms. The number of phenols is 1. The molecular formula is C9H8F2O3. The van der Waals surface area contributed by atoms with Crippen molar-refractivity contribution in [3.8, 4) is 5.75 Å².